The second-order valence-corrected chi connectivity index (χ2v) is 11.3. The van der Waals surface area contributed by atoms with Crippen LogP contribution in [0.3, 0.4) is 0 Å². The largest absolute Gasteiger partial charge is 0.369 e. The van der Waals surface area contributed by atoms with Crippen molar-refractivity contribution in [1.29, 1.82) is 0 Å². The van der Waals surface area contributed by atoms with Crippen LogP contribution in [0.15, 0.2) is 52.3 Å². The van der Waals surface area contributed by atoms with Gasteiger partial charge in [-0.3, -0.25) is 4.79 Å². The Labute approximate surface area is 201 Å². The zero-order chi connectivity index (χ0) is 23.4. The molecule has 7 nitrogen and oxygen atoms in total. The summed E-state index contributed by atoms with van der Waals surface area (Å²) in [5.74, 6) is -0.0894. The Morgan fingerprint density at radius 3 is 2.27 bits per heavy atom. The number of hydrogen-bond donors (Lipinski definition) is 1. The molecule has 2 aliphatic heterocycles. The van der Waals surface area contributed by atoms with Crippen LogP contribution in [0, 0.1) is 0 Å². The van der Waals surface area contributed by atoms with Crippen LogP contribution in [-0.2, 0) is 16.6 Å². The predicted molar refractivity (Wildman–Crippen MR) is 134 cm³/mol. The normalized spacial score (nSPS) is 17.5. The first-order valence-electron chi connectivity index (χ1n) is 11.4. The van der Waals surface area contributed by atoms with Crippen LogP contribution in [0.25, 0.3) is 0 Å². The number of sulfonamides is 1. The molecular formula is C24H32N4O3S2. The van der Waals surface area contributed by atoms with Gasteiger partial charge in [-0.25, -0.2) is 13.1 Å². The number of carbonyl (C=O) groups is 1. The molecule has 0 saturated carbocycles. The predicted octanol–water partition coefficient (Wildman–Crippen LogP) is 2.87. The van der Waals surface area contributed by atoms with Gasteiger partial charge < -0.3 is 14.7 Å². The van der Waals surface area contributed by atoms with E-state index in [4.69, 9.17) is 0 Å². The van der Waals surface area contributed by atoms with E-state index >= 15 is 0 Å². The van der Waals surface area contributed by atoms with E-state index in [-0.39, 0.29) is 17.3 Å². The molecule has 1 amide bonds. The maximum atomic E-state index is 13.0. The minimum Gasteiger partial charge on any atom is -0.369 e. The van der Waals surface area contributed by atoms with E-state index in [1.54, 1.807) is 17.0 Å². The Bertz CT molecular complexity index is 1080. The third kappa shape index (κ3) is 5.71. The van der Waals surface area contributed by atoms with E-state index in [0.717, 1.165) is 68.3 Å². The first kappa shape index (κ1) is 24.1. The molecule has 0 atom stereocenters. The van der Waals surface area contributed by atoms with Crippen molar-refractivity contribution >= 4 is 33.4 Å². The number of anilines is 1. The summed E-state index contributed by atoms with van der Waals surface area (Å²) in [6, 6.07) is 12.9. The molecule has 33 heavy (non-hydrogen) atoms. The molecule has 2 heterocycles. The zero-order valence-electron chi connectivity index (χ0n) is 19.3. The number of benzene rings is 2. The van der Waals surface area contributed by atoms with Gasteiger partial charge in [0.05, 0.1) is 10.5 Å². The lowest BCUT2D eigenvalue weighted by atomic mass is 10.2. The summed E-state index contributed by atoms with van der Waals surface area (Å²) in [4.78, 5) is 20.3. The summed E-state index contributed by atoms with van der Waals surface area (Å²) in [6.45, 7) is 5.72. The molecule has 1 N–H and O–H groups in total. The number of carbonyl (C=O) groups excluding carboxylic acids is 1. The fourth-order valence-corrected chi connectivity index (χ4v) is 5.88. The number of likely N-dealkylation sites (tertiary alicyclic amines) is 1. The number of amides is 1. The maximum Gasteiger partial charge on any atom is 0.255 e. The molecule has 0 spiro atoms. The van der Waals surface area contributed by atoms with E-state index in [1.807, 2.05) is 18.4 Å². The van der Waals surface area contributed by atoms with E-state index in [1.165, 1.54) is 17.8 Å². The van der Waals surface area contributed by atoms with Crippen LogP contribution in [0.1, 0.15) is 28.8 Å². The first-order valence-corrected chi connectivity index (χ1v) is 14.1. The van der Waals surface area contributed by atoms with Crippen molar-refractivity contribution in [1.82, 2.24) is 14.5 Å². The summed E-state index contributed by atoms with van der Waals surface area (Å²) < 4.78 is 28.7. The Kier molecular flexibility index (Phi) is 7.63. The van der Waals surface area contributed by atoms with Crippen molar-refractivity contribution < 1.29 is 13.2 Å². The highest BCUT2D eigenvalue weighted by molar-refractivity contribution is 7.98. The highest BCUT2D eigenvalue weighted by Crippen LogP contribution is 2.26. The average Bonchev–Trinajstić information content (AvgIpc) is 3.38. The van der Waals surface area contributed by atoms with Crippen molar-refractivity contribution in [3.05, 3.63) is 53.6 Å². The van der Waals surface area contributed by atoms with Crippen LogP contribution in [0.4, 0.5) is 5.69 Å². The number of rotatable bonds is 7. The second-order valence-electron chi connectivity index (χ2n) is 8.64. The third-order valence-corrected chi connectivity index (χ3v) is 8.57. The summed E-state index contributed by atoms with van der Waals surface area (Å²) in [7, 11) is -1.61. The van der Waals surface area contributed by atoms with Crippen molar-refractivity contribution in [3.8, 4) is 0 Å². The summed E-state index contributed by atoms with van der Waals surface area (Å²) in [6.07, 6.45) is 3.88. The Hall–Kier alpha value is -2.07. The molecule has 4 rings (SSSR count). The van der Waals surface area contributed by atoms with Gasteiger partial charge in [-0.15, -0.1) is 11.8 Å². The fourth-order valence-electron chi connectivity index (χ4n) is 4.26. The van der Waals surface area contributed by atoms with Gasteiger partial charge >= 0.3 is 0 Å². The van der Waals surface area contributed by atoms with Gasteiger partial charge in [0.15, 0.2) is 0 Å². The van der Waals surface area contributed by atoms with Crippen LogP contribution in [0.2, 0.25) is 0 Å². The highest BCUT2D eigenvalue weighted by atomic mass is 32.2. The lowest BCUT2D eigenvalue weighted by Gasteiger charge is -2.34. The SMILES string of the molecule is CSc1ccc(S(=O)(=O)NCc2ccc(N3CCN(C)CC3)cc2)cc1C(=O)N1CCCC1. The Morgan fingerprint density at radius 1 is 0.970 bits per heavy atom. The molecule has 2 fully saturated rings. The van der Waals surface area contributed by atoms with Gasteiger partial charge in [-0.2, -0.15) is 0 Å². The standard InChI is InChI=1S/C24H32N4O3S2/c1-26-13-15-27(16-14-26)20-7-5-19(6-8-20)18-25-33(30,31)21-9-10-23(32-2)22(17-21)24(29)28-11-3-4-12-28/h5-10,17,25H,3-4,11-16,18H2,1-2H3. The highest BCUT2D eigenvalue weighted by Gasteiger charge is 2.24. The Morgan fingerprint density at radius 2 is 1.64 bits per heavy atom. The lowest BCUT2D eigenvalue weighted by molar-refractivity contribution is 0.0789. The summed E-state index contributed by atoms with van der Waals surface area (Å²) in [5.41, 5.74) is 2.52. The number of nitrogens with one attached hydrogen (secondary N) is 1. The molecule has 2 aromatic rings. The molecule has 9 heteroatoms. The smallest absolute Gasteiger partial charge is 0.255 e. The fraction of sp³-hybridized carbons (Fsp3) is 0.458. The van der Waals surface area contributed by atoms with Gasteiger partial charge in [0, 0.05) is 56.4 Å². The maximum absolute atomic E-state index is 13.0. The molecule has 0 aliphatic carbocycles. The lowest BCUT2D eigenvalue weighted by Crippen LogP contribution is -2.44. The molecule has 2 saturated heterocycles. The number of likely N-dealkylation sites (N-methyl/N-ethyl adjacent to an activating group) is 1. The molecule has 2 aromatic carbocycles. The van der Waals surface area contributed by atoms with Gasteiger partial charge in [0.25, 0.3) is 5.91 Å². The van der Waals surface area contributed by atoms with Gasteiger partial charge in [0.1, 0.15) is 0 Å². The monoisotopic (exact) mass is 488 g/mol. The third-order valence-electron chi connectivity index (χ3n) is 6.38. The molecule has 0 radical (unpaired) electrons. The van der Waals surface area contributed by atoms with Crippen LogP contribution >= 0.6 is 11.8 Å². The number of nitrogens with zero attached hydrogens (tertiary/aromatic N) is 3. The van der Waals surface area contributed by atoms with Gasteiger partial charge in [-0.05, 0) is 62.0 Å². The molecule has 0 bridgehead atoms. The van der Waals surface area contributed by atoms with Crippen molar-refractivity contribution in [2.75, 3.05) is 57.5 Å². The molecule has 0 unspecified atom stereocenters. The van der Waals surface area contributed by atoms with Crippen molar-refractivity contribution in [3.63, 3.8) is 0 Å². The average molecular weight is 489 g/mol. The second kappa shape index (κ2) is 10.5. The topological polar surface area (TPSA) is 73.0 Å². The Balaban J connectivity index is 1.44. The van der Waals surface area contributed by atoms with Crippen LogP contribution < -0.4 is 9.62 Å². The molecule has 178 valence electrons. The molecule has 2 aliphatic rings. The number of hydrogen-bond acceptors (Lipinski definition) is 6. The minimum absolute atomic E-state index is 0.0894. The van der Waals surface area contributed by atoms with Crippen LogP contribution in [0.5, 0.6) is 0 Å². The minimum atomic E-state index is -3.75. The summed E-state index contributed by atoms with van der Waals surface area (Å²) in [5, 5.41) is 0. The van der Waals surface area contributed by atoms with Crippen LogP contribution in [-0.4, -0.2) is 76.7 Å². The van der Waals surface area contributed by atoms with Crippen molar-refractivity contribution in [2.45, 2.75) is 29.2 Å². The van der Waals surface area contributed by atoms with E-state index in [9.17, 15) is 13.2 Å². The van der Waals surface area contributed by atoms with Crippen molar-refractivity contribution in [2.24, 2.45) is 0 Å². The quantitative estimate of drug-likeness (QED) is 0.605. The summed E-state index contributed by atoms with van der Waals surface area (Å²) >= 11 is 1.46. The van der Waals surface area contributed by atoms with E-state index in [2.05, 4.69) is 33.7 Å². The van der Waals surface area contributed by atoms with Gasteiger partial charge in [-0.1, -0.05) is 12.1 Å². The number of thioether (sulfide) groups is 1. The molecular weight excluding hydrogens is 456 g/mol. The van der Waals surface area contributed by atoms with E-state index in [0.29, 0.717) is 5.56 Å². The van der Waals surface area contributed by atoms with E-state index < -0.39 is 10.0 Å². The zero-order valence-corrected chi connectivity index (χ0v) is 20.9. The van der Waals surface area contributed by atoms with Gasteiger partial charge in [0.2, 0.25) is 10.0 Å². The first-order chi connectivity index (χ1) is 15.9. The number of piperazine rings is 1. The molecule has 0 aromatic heterocycles.